The monoisotopic (exact) mass is 268 g/mol. The molecule has 0 bridgehead atoms. The van der Waals surface area contributed by atoms with Crippen LogP contribution in [0.4, 0.5) is 0 Å². The number of unbranched alkanes of at least 4 members (excludes halogenated alkanes) is 1. The van der Waals surface area contributed by atoms with Crippen molar-refractivity contribution in [2.45, 2.75) is 32.7 Å². The van der Waals surface area contributed by atoms with E-state index in [4.69, 9.17) is 15.3 Å². The van der Waals surface area contributed by atoms with E-state index in [9.17, 15) is 9.59 Å². The molecule has 106 valence electrons. The SMILES string of the molecule is CCCCN(CC(N)=O)C(C)c1ccc(C(=O)O)o1. The number of carboxylic acids is 1. The van der Waals surface area contributed by atoms with Crippen molar-refractivity contribution in [3.8, 4) is 0 Å². The van der Waals surface area contributed by atoms with Crippen LogP contribution in [0.15, 0.2) is 16.5 Å². The highest BCUT2D eigenvalue weighted by atomic mass is 16.4. The molecule has 3 N–H and O–H groups in total. The minimum absolute atomic E-state index is 0.101. The van der Waals surface area contributed by atoms with Gasteiger partial charge in [-0.05, 0) is 32.0 Å². The van der Waals surface area contributed by atoms with Gasteiger partial charge in [-0.2, -0.15) is 0 Å². The Morgan fingerprint density at radius 1 is 1.47 bits per heavy atom. The second kappa shape index (κ2) is 6.94. The Bertz CT molecular complexity index is 442. The van der Waals surface area contributed by atoms with Gasteiger partial charge in [-0.15, -0.1) is 0 Å². The van der Waals surface area contributed by atoms with Crippen LogP contribution >= 0.6 is 0 Å². The fraction of sp³-hybridized carbons (Fsp3) is 0.538. The Hall–Kier alpha value is -1.82. The summed E-state index contributed by atoms with van der Waals surface area (Å²) in [5.74, 6) is -1.09. The highest BCUT2D eigenvalue weighted by molar-refractivity contribution is 5.84. The third kappa shape index (κ3) is 4.40. The van der Waals surface area contributed by atoms with Crippen molar-refractivity contribution < 1.29 is 19.1 Å². The Balaban J connectivity index is 2.80. The smallest absolute Gasteiger partial charge is 0.371 e. The molecular formula is C13H20N2O4. The predicted octanol–water partition coefficient (Wildman–Crippen LogP) is 1.63. The van der Waals surface area contributed by atoms with Gasteiger partial charge >= 0.3 is 5.97 Å². The number of carbonyl (C=O) groups is 2. The van der Waals surface area contributed by atoms with Crippen LogP contribution < -0.4 is 5.73 Å². The first-order valence-electron chi connectivity index (χ1n) is 6.31. The van der Waals surface area contributed by atoms with Crippen LogP contribution in [0.2, 0.25) is 0 Å². The zero-order valence-corrected chi connectivity index (χ0v) is 11.3. The molecule has 1 aromatic heterocycles. The summed E-state index contributed by atoms with van der Waals surface area (Å²) in [6.07, 6.45) is 1.94. The van der Waals surface area contributed by atoms with Crippen LogP contribution in [0.25, 0.3) is 0 Å². The van der Waals surface area contributed by atoms with Gasteiger partial charge in [-0.1, -0.05) is 13.3 Å². The third-order valence-electron chi connectivity index (χ3n) is 2.95. The molecule has 1 heterocycles. The topological polar surface area (TPSA) is 96.8 Å². The first-order chi connectivity index (χ1) is 8.95. The van der Waals surface area contributed by atoms with Gasteiger partial charge in [0, 0.05) is 0 Å². The quantitative estimate of drug-likeness (QED) is 0.746. The Kier molecular flexibility index (Phi) is 5.57. The molecule has 1 atom stereocenters. The molecule has 0 fully saturated rings. The molecule has 19 heavy (non-hydrogen) atoms. The van der Waals surface area contributed by atoms with Crippen molar-refractivity contribution in [1.29, 1.82) is 0 Å². The summed E-state index contributed by atoms with van der Waals surface area (Å²) in [7, 11) is 0. The van der Waals surface area contributed by atoms with Crippen LogP contribution in [0, 0.1) is 0 Å². The largest absolute Gasteiger partial charge is 0.475 e. The van der Waals surface area contributed by atoms with Gasteiger partial charge in [0.05, 0.1) is 12.6 Å². The molecule has 0 aromatic carbocycles. The average Bonchev–Trinajstić information content (AvgIpc) is 2.82. The average molecular weight is 268 g/mol. The lowest BCUT2D eigenvalue weighted by Gasteiger charge is -2.26. The number of rotatable bonds is 8. The van der Waals surface area contributed by atoms with E-state index in [1.165, 1.54) is 6.07 Å². The van der Waals surface area contributed by atoms with E-state index in [0.29, 0.717) is 12.3 Å². The van der Waals surface area contributed by atoms with Crippen molar-refractivity contribution in [3.05, 3.63) is 23.7 Å². The molecule has 0 aliphatic carbocycles. The maximum absolute atomic E-state index is 11.1. The minimum Gasteiger partial charge on any atom is -0.475 e. The lowest BCUT2D eigenvalue weighted by Crippen LogP contribution is -2.36. The van der Waals surface area contributed by atoms with E-state index in [0.717, 1.165) is 12.8 Å². The standard InChI is InChI=1S/C13H20N2O4/c1-3-4-7-15(8-12(14)16)9(2)10-5-6-11(19-10)13(17)18/h5-6,9H,3-4,7-8H2,1-2H3,(H2,14,16)(H,17,18). The van der Waals surface area contributed by atoms with Crippen molar-refractivity contribution in [3.63, 3.8) is 0 Å². The van der Waals surface area contributed by atoms with E-state index in [1.807, 2.05) is 11.8 Å². The normalized spacial score (nSPS) is 12.6. The van der Waals surface area contributed by atoms with Gasteiger partial charge in [0.2, 0.25) is 11.7 Å². The summed E-state index contributed by atoms with van der Waals surface area (Å²) >= 11 is 0. The zero-order valence-electron chi connectivity index (χ0n) is 11.3. The molecule has 1 rings (SSSR count). The molecule has 1 unspecified atom stereocenters. The van der Waals surface area contributed by atoms with Gasteiger partial charge < -0.3 is 15.3 Å². The van der Waals surface area contributed by atoms with Gasteiger partial charge in [-0.25, -0.2) is 4.79 Å². The Morgan fingerprint density at radius 2 is 2.16 bits per heavy atom. The summed E-state index contributed by atoms with van der Waals surface area (Å²) in [4.78, 5) is 23.7. The number of furan rings is 1. The number of primary amides is 1. The molecule has 0 saturated carbocycles. The number of aromatic carboxylic acids is 1. The van der Waals surface area contributed by atoms with E-state index >= 15 is 0 Å². The minimum atomic E-state index is -1.10. The first kappa shape index (κ1) is 15.2. The lowest BCUT2D eigenvalue weighted by atomic mass is 10.2. The van der Waals surface area contributed by atoms with E-state index in [1.54, 1.807) is 6.07 Å². The van der Waals surface area contributed by atoms with Crippen LogP contribution in [0.1, 0.15) is 49.0 Å². The maximum Gasteiger partial charge on any atom is 0.371 e. The van der Waals surface area contributed by atoms with Crippen molar-refractivity contribution in [1.82, 2.24) is 4.90 Å². The number of carbonyl (C=O) groups excluding carboxylic acids is 1. The van der Waals surface area contributed by atoms with E-state index in [2.05, 4.69) is 6.92 Å². The molecule has 1 amide bonds. The summed E-state index contributed by atoms with van der Waals surface area (Å²) in [6.45, 7) is 4.76. The summed E-state index contributed by atoms with van der Waals surface area (Å²) < 4.78 is 5.26. The number of hydrogen-bond acceptors (Lipinski definition) is 4. The molecule has 0 spiro atoms. The maximum atomic E-state index is 11.1. The lowest BCUT2D eigenvalue weighted by molar-refractivity contribution is -0.119. The zero-order chi connectivity index (χ0) is 14.4. The van der Waals surface area contributed by atoms with Gasteiger partial charge in [0.1, 0.15) is 5.76 Å². The second-order valence-corrected chi connectivity index (χ2v) is 4.47. The highest BCUT2D eigenvalue weighted by Crippen LogP contribution is 2.22. The fourth-order valence-corrected chi connectivity index (χ4v) is 1.84. The fourth-order valence-electron chi connectivity index (χ4n) is 1.84. The summed E-state index contributed by atoms with van der Waals surface area (Å²) in [5.41, 5.74) is 5.23. The van der Waals surface area contributed by atoms with Crippen molar-refractivity contribution in [2.24, 2.45) is 5.73 Å². The molecule has 0 radical (unpaired) electrons. The predicted molar refractivity (Wildman–Crippen MR) is 69.8 cm³/mol. The van der Waals surface area contributed by atoms with Crippen LogP contribution in [-0.2, 0) is 4.79 Å². The second-order valence-electron chi connectivity index (χ2n) is 4.47. The molecule has 6 nitrogen and oxygen atoms in total. The Labute approximate surface area is 112 Å². The molecule has 0 aliphatic heterocycles. The van der Waals surface area contributed by atoms with E-state index < -0.39 is 11.9 Å². The highest BCUT2D eigenvalue weighted by Gasteiger charge is 2.21. The summed E-state index contributed by atoms with van der Waals surface area (Å²) in [5, 5.41) is 8.82. The number of amides is 1. The van der Waals surface area contributed by atoms with Crippen LogP contribution in [-0.4, -0.2) is 35.0 Å². The molecular weight excluding hydrogens is 248 g/mol. The van der Waals surface area contributed by atoms with Gasteiger partial charge in [-0.3, -0.25) is 9.69 Å². The molecule has 1 aromatic rings. The first-order valence-corrected chi connectivity index (χ1v) is 6.31. The van der Waals surface area contributed by atoms with Crippen LogP contribution in [0.5, 0.6) is 0 Å². The number of nitrogens with zero attached hydrogens (tertiary/aromatic N) is 1. The molecule has 6 heteroatoms. The van der Waals surface area contributed by atoms with Crippen molar-refractivity contribution >= 4 is 11.9 Å². The third-order valence-corrected chi connectivity index (χ3v) is 2.95. The van der Waals surface area contributed by atoms with Gasteiger partial charge in [0.15, 0.2) is 0 Å². The van der Waals surface area contributed by atoms with E-state index in [-0.39, 0.29) is 18.3 Å². The summed E-state index contributed by atoms with van der Waals surface area (Å²) in [6, 6.07) is 2.84. The number of carboxylic acid groups (broad SMARTS) is 1. The molecule has 0 saturated heterocycles. The van der Waals surface area contributed by atoms with Crippen LogP contribution in [0.3, 0.4) is 0 Å². The van der Waals surface area contributed by atoms with Gasteiger partial charge in [0.25, 0.3) is 0 Å². The molecule has 0 aliphatic rings. The number of hydrogen-bond donors (Lipinski definition) is 2. The number of nitrogens with two attached hydrogens (primary N) is 1. The Morgan fingerprint density at radius 3 is 2.63 bits per heavy atom. The van der Waals surface area contributed by atoms with Crippen molar-refractivity contribution in [2.75, 3.05) is 13.1 Å².